The van der Waals surface area contributed by atoms with Crippen LogP contribution in [0.5, 0.6) is 0 Å². The van der Waals surface area contributed by atoms with Crippen LogP contribution in [0, 0.1) is 0 Å². The Kier molecular flexibility index (Phi) is 5.23. The molecule has 0 saturated heterocycles. The summed E-state index contributed by atoms with van der Waals surface area (Å²) in [4.78, 5) is 27.2. The molecule has 0 unspecified atom stereocenters. The molecule has 1 aliphatic heterocycles. The van der Waals surface area contributed by atoms with Gasteiger partial charge in [-0.05, 0) is 24.1 Å². The number of amides is 2. The minimum atomic E-state index is -0.283. The third-order valence-electron chi connectivity index (χ3n) is 4.77. The zero-order valence-corrected chi connectivity index (χ0v) is 15.5. The summed E-state index contributed by atoms with van der Waals surface area (Å²) in [6.07, 6.45) is 3.01. The van der Waals surface area contributed by atoms with Gasteiger partial charge in [-0.15, -0.1) is 0 Å². The third-order valence-corrected chi connectivity index (χ3v) is 4.77. The highest BCUT2D eigenvalue weighted by Gasteiger charge is 2.26. The average molecular weight is 378 g/mol. The predicted octanol–water partition coefficient (Wildman–Crippen LogP) is 2.49. The number of carbonyl (C=O) groups excluding carboxylic acids is 2. The van der Waals surface area contributed by atoms with Gasteiger partial charge in [0, 0.05) is 38.7 Å². The second kappa shape index (κ2) is 8.12. The van der Waals surface area contributed by atoms with Gasteiger partial charge < -0.3 is 14.6 Å². The van der Waals surface area contributed by atoms with Crippen LogP contribution in [-0.2, 0) is 19.5 Å². The Hall–Kier alpha value is -3.35. The first-order chi connectivity index (χ1) is 13.7. The maximum atomic E-state index is 13.0. The molecule has 0 radical (unpaired) electrons. The van der Waals surface area contributed by atoms with Crippen LogP contribution in [0.1, 0.15) is 38.7 Å². The number of nitrogens with one attached hydrogen (secondary N) is 1. The van der Waals surface area contributed by atoms with Crippen LogP contribution < -0.4 is 5.32 Å². The minimum absolute atomic E-state index is 0.0940. The van der Waals surface area contributed by atoms with E-state index in [-0.39, 0.29) is 17.5 Å². The van der Waals surface area contributed by atoms with E-state index < -0.39 is 0 Å². The molecule has 7 heteroatoms. The van der Waals surface area contributed by atoms with E-state index in [9.17, 15) is 9.59 Å². The SMILES string of the molecule is O=C(NCCc1ccco1)c1cc2n(n1)CCCN(Cc1ccccc1)C2=O. The fourth-order valence-corrected chi connectivity index (χ4v) is 3.34. The molecule has 0 fully saturated rings. The smallest absolute Gasteiger partial charge is 0.272 e. The van der Waals surface area contributed by atoms with Crippen molar-refractivity contribution in [1.29, 1.82) is 0 Å². The van der Waals surface area contributed by atoms with Crippen LogP contribution in [0.3, 0.4) is 0 Å². The van der Waals surface area contributed by atoms with E-state index in [4.69, 9.17) is 4.42 Å². The number of benzene rings is 1. The number of rotatable bonds is 6. The monoisotopic (exact) mass is 378 g/mol. The molecular formula is C21H22N4O3. The lowest BCUT2D eigenvalue weighted by molar-refractivity contribution is 0.0745. The van der Waals surface area contributed by atoms with Crippen molar-refractivity contribution in [3.63, 3.8) is 0 Å². The molecular weight excluding hydrogens is 356 g/mol. The average Bonchev–Trinajstić information content (AvgIpc) is 3.35. The molecule has 3 aromatic rings. The fraction of sp³-hybridized carbons (Fsp3) is 0.286. The number of carbonyl (C=O) groups is 2. The first-order valence-electron chi connectivity index (χ1n) is 9.42. The van der Waals surface area contributed by atoms with Crippen LogP contribution in [-0.4, -0.2) is 39.6 Å². The molecule has 3 heterocycles. The lowest BCUT2D eigenvalue weighted by atomic mass is 10.2. The summed E-state index contributed by atoms with van der Waals surface area (Å²) < 4.78 is 6.90. The summed E-state index contributed by atoms with van der Waals surface area (Å²) in [5, 5.41) is 7.18. The second-order valence-electron chi connectivity index (χ2n) is 6.79. The maximum absolute atomic E-state index is 13.0. The van der Waals surface area contributed by atoms with Gasteiger partial charge in [0.15, 0.2) is 5.69 Å². The topological polar surface area (TPSA) is 80.4 Å². The molecule has 0 aliphatic carbocycles. The number of hydrogen-bond donors (Lipinski definition) is 1. The zero-order chi connectivity index (χ0) is 19.3. The highest BCUT2D eigenvalue weighted by atomic mass is 16.3. The van der Waals surface area contributed by atoms with Crippen molar-refractivity contribution in [2.75, 3.05) is 13.1 Å². The van der Waals surface area contributed by atoms with Crippen molar-refractivity contribution >= 4 is 11.8 Å². The quantitative estimate of drug-likeness (QED) is 0.715. The van der Waals surface area contributed by atoms with Crippen LogP contribution in [0.25, 0.3) is 0 Å². The van der Waals surface area contributed by atoms with Gasteiger partial charge in [0.1, 0.15) is 11.5 Å². The van der Waals surface area contributed by atoms with Crippen molar-refractivity contribution in [1.82, 2.24) is 20.0 Å². The van der Waals surface area contributed by atoms with E-state index in [2.05, 4.69) is 10.4 Å². The molecule has 144 valence electrons. The fourth-order valence-electron chi connectivity index (χ4n) is 3.34. The molecule has 28 heavy (non-hydrogen) atoms. The molecule has 1 aliphatic rings. The Morgan fingerprint density at radius 2 is 2.00 bits per heavy atom. The molecule has 2 amide bonds. The van der Waals surface area contributed by atoms with E-state index in [0.29, 0.717) is 38.3 Å². The molecule has 1 N–H and O–H groups in total. The molecule has 2 aromatic heterocycles. The highest BCUT2D eigenvalue weighted by Crippen LogP contribution is 2.16. The van der Waals surface area contributed by atoms with E-state index in [1.165, 1.54) is 0 Å². The molecule has 0 bridgehead atoms. The second-order valence-corrected chi connectivity index (χ2v) is 6.79. The molecule has 7 nitrogen and oxygen atoms in total. The predicted molar refractivity (Wildman–Crippen MR) is 103 cm³/mol. The van der Waals surface area contributed by atoms with Gasteiger partial charge in [0.05, 0.1) is 6.26 Å². The summed E-state index contributed by atoms with van der Waals surface area (Å²) in [7, 11) is 0. The third kappa shape index (κ3) is 3.98. The zero-order valence-electron chi connectivity index (χ0n) is 15.5. The summed E-state index contributed by atoms with van der Waals surface area (Å²) >= 11 is 0. The van der Waals surface area contributed by atoms with E-state index in [1.807, 2.05) is 47.4 Å². The lowest BCUT2D eigenvalue weighted by Gasteiger charge is -2.20. The van der Waals surface area contributed by atoms with Gasteiger partial charge in [0.2, 0.25) is 0 Å². The van der Waals surface area contributed by atoms with Crippen molar-refractivity contribution < 1.29 is 14.0 Å². The Balaban J connectivity index is 1.43. The summed E-state index contributed by atoms with van der Waals surface area (Å²) in [6, 6.07) is 15.2. The Bertz CT molecular complexity index is 947. The van der Waals surface area contributed by atoms with Crippen molar-refractivity contribution in [2.45, 2.75) is 25.9 Å². The Morgan fingerprint density at radius 3 is 2.79 bits per heavy atom. The van der Waals surface area contributed by atoms with Gasteiger partial charge in [-0.1, -0.05) is 30.3 Å². The number of hydrogen-bond acceptors (Lipinski definition) is 4. The molecule has 0 atom stereocenters. The molecule has 0 saturated carbocycles. The lowest BCUT2D eigenvalue weighted by Crippen LogP contribution is -2.30. The van der Waals surface area contributed by atoms with Crippen LogP contribution in [0.2, 0.25) is 0 Å². The molecule has 4 rings (SSSR count). The minimum Gasteiger partial charge on any atom is -0.469 e. The van der Waals surface area contributed by atoms with Crippen LogP contribution in [0.15, 0.2) is 59.2 Å². The van der Waals surface area contributed by atoms with Crippen molar-refractivity contribution in [2.24, 2.45) is 0 Å². The van der Waals surface area contributed by atoms with E-state index in [0.717, 1.165) is 17.7 Å². The Morgan fingerprint density at radius 1 is 1.14 bits per heavy atom. The summed E-state index contributed by atoms with van der Waals surface area (Å²) in [5.74, 6) is 0.436. The molecule has 1 aromatic carbocycles. The van der Waals surface area contributed by atoms with Gasteiger partial charge in [-0.2, -0.15) is 5.10 Å². The summed E-state index contributed by atoms with van der Waals surface area (Å²) in [5.41, 5.74) is 1.81. The highest BCUT2D eigenvalue weighted by molar-refractivity contribution is 5.98. The number of fused-ring (bicyclic) bond motifs is 1. The van der Waals surface area contributed by atoms with Crippen LogP contribution >= 0.6 is 0 Å². The normalized spacial score (nSPS) is 13.9. The van der Waals surface area contributed by atoms with Gasteiger partial charge in [-0.25, -0.2) is 0 Å². The number of aromatic nitrogens is 2. The van der Waals surface area contributed by atoms with E-state index in [1.54, 1.807) is 17.0 Å². The summed E-state index contributed by atoms with van der Waals surface area (Å²) in [6.45, 7) is 2.28. The first-order valence-corrected chi connectivity index (χ1v) is 9.42. The van der Waals surface area contributed by atoms with Gasteiger partial charge in [0.25, 0.3) is 11.8 Å². The maximum Gasteiger partial charge on any atom is 0.272 e. The largest absolute Gasteiger partial charge is 0.469 e. The van der Waals surface area contributed by atoms with Crippen molar-refractivity contribution in [3.8, 4) is 0 Å². The first kappa shape index (κ1) is 18.0. The van der Waals surface area contributed by atoms with Gasteiger partial charge in [-0.3, -0.25) is 14.3 Å². The number of aryl methyl sites for hydroxylation is 1. The van der Waals surface area contributed by atoms with Gasteiger partial charge >= 0.3 is 0 Å². The molecule has 0 spiro atoms. The standard InChI is InChI=1S/C21H22N4O3/c26-20(22-10-9-17-8-4-13-28-17)18-14-19-21(27)24(11-5-12-25(19)23-18)15-16-6-2-1-3-7-16/h1-4,6-8,13-14H,5,9-12,15H2,(H,22,26). The number of furan rings is 1. The Labute approximate surface area is 162 Å². The number of nitrogens with zero attached hydrogens (tertiary/aromatic N) is 3. The van der Waals surface area contributed by atoms with Crippen LogP contribution in [0.4, 0.5) is 0 Å². The van der Waals surface area contributed by atoms with E-state index >= 15 is 0 Å². The van der Waals surface area contributed by atoms with Crippen molar-refractivity contribution in [3.05, 3.63) is 77.5 Å².